The van der Waals surface area contributed by atoms with Crippen LogP contribution in [-0.2, 0) is 9.47 Å². The maximum absolute atomic E-state index is 5.47. The molecule has 1 N–H and O–H groups in total. The minimum absolute atomic E-state index is 0.170. The van der Waals surface area contributed by atoms with Crippen LogP contribution in [0.1, 0.15) is 49.8 Å². The molecular formula is C16H25N3O2. The Morgan fingerprint density at radius 2 is 2.10 bits per heavy atom. The van der Waals surface area contributed by atoms with Gasteiger partial charge in [0.25, 0.3) is 0 Å². The molecule has 4 atom stereocenters. The van der Waals surface area contributed by atoms with Gasteiger partial charge in [-0.3, -0.25) is 0 Å². The lowest BCUT2D eigenvalue weighted by Crippen LogP contribution is -2.34. The minimum atomic E-state index is -0.223. The molecule has 3 aliphatic rings. The second-order valence-corrected chi connectivity index (χ2v) is 6.80. The van der Waals surface area contributed by atoms with Gasteiger partial charge in [-0.15, -0.1) is 0 Å². The molecule has 4 rings (SSSR count). The second kappa shape index (κ2) is 5.29. The van der Waals surface area contributed by atoms with E-state index in [9.17, 15) is 0 Å². The molecule has 2 heterocycles. The van der Waals surface area contributed by atoms with Gasteiger partial charge in [-0.25, -0.2) is 4.68 Å². The lowest BCUT2D eigenvalue weighted by Gasteiger charge is -2.30. The van der Waals surface area contributed by atoms with Crippen LogP contribution in [0.2, 0.25) is 0 Å². The molecule has 21 heavy (non-hydrogen) atoms. The van der Waals surface area contributed by atoms with Crippen LogP contribution in [0.15, 0.2) is 6.07 Å². The van der Waals surface area contributed by atoms with E-state index in [1.54, 1.807) is 14.2 Å². The quantitative estimate of drug-likeness (QED) is 0.867. The van der Waals surface area contributed by atoms with E-state index in [1.807, 2.05) is 0 Å². The summed E-state index contributed by atoms with van der Waals surface area (Å²) < 4.78 is 13.0. The third-order valence-corrected chi connectivity index (χ3v) is 5.71. The number of fused-ring (bicyclic) bond motifs is 3. The Kier molecular flexibility index (Phi) is 3.42. The molecule has 0 aromatic carbocycles. The molecule has 2 saturated carbocycles. The SMILES string of the molecule is COC(OC)C1CCNc2cc(C3CC4CCC3C4)nn21. The summed E-state index contributed by atoms with van der Waals surface area (Å²) in [7, 11) is 3.41. The van der Waals surface area contributed by atoms with Gasteiger partial charge in [0.1, 0.15) is 11.9 Å². The Labute approximate surface area is 126 Å². The monoisotopic (exact) mass is 291 g/mol. The molecule has 2 fully saturated rings. The number of ether oxygens (including phenoxy) is 2. The number of methoxy groups -OCH3 is 2. The molecule has 1 aromatic heterocycles. The zero-order valence-corrected chi connectivity index (χ0v) is 12.9. The summed E-state index contributed by atoms with van der Waals surface area (Å²) >= 11 is 0. The predicted molar refractivity (Wildman–Crippen MR) is 80.4 cm³/mol. The molecule has 0 radical (unpaired) electrons. The molecule has 0 spiro atoms. The van der Waals surface area contributed by atoms with Crippen LogP contribution in [0.5, 0.6) is 0 Å². The number of rotatable bonds is 4. The zero-order chi connectivity index (χ0) is 14.4. The van der Waals surface area contributed by atoms with Gasteiger partial charge in [0.05, 0.1) is 5.69 Å². The summed E-state index contributed by atoms with van der Waals surface area (Å²) in [5, 5.41) is 8.42. The number of nitrogens with one attached hydrogen (secondary N) is 1. The first-order chi connectivity index (χ1) is 10.3. The summed E-state index contributed by atoms with van der Waals surface area (Å²) in [6.45, 7) is 0.954. The Bertz CT molecular complexity index is 512. The van der Waals surface area contributed by atoms with Gasteiger partial charge in [-0.2, -0.15) is 5.10 Å². The summed E-state index contributed by atoms with van der Waals surface area (Å²) in [5.41, 5.74) is 1.28. The highest BCUT2D eigenvalue weighted by Gasteiger charge is 2.42. The molecule has 116 valence electrons. The number of aromatic nitrogens is 2. The van der Waals surface area contributed by atoms with Crippen molar-refractivity contribution in [3.8, 4) is 0 Å². The van der Waals surface area contributed by atoms with Gasteiger partial charge < -0.3 is 14.8 Å². The van der Waals surface area contributed by atoms with E-state index in [1.165, 1.54) is 31.4 Å². The van der Waals surface area contributed by atoms with E-state index in [4.69, 9.17) is 14.6 Å². The Morgan fingerprint density at radius 3 is 2.76 bits per heavy atom. The largest absolute Gasteiger partial charge is 0.370 e. The third-order valence-electron chi connectivity index (χ3n) is 5.71. The Morgan fingerprint density at radius 1 is 1.24 bits per heavy atom. The predicted octanol–water partition coefficient (Wildman–Crippen LogP) is 2.76. The van der Waals surface area contributed by atoms with Crippen LogP contribution in [0, 0.1) is 11.8 Å². The summed E-state index contributed by atoms with van der Waals surface area (Å²) in [6.07, 6.45) is 6.35. The van der Waals surface area contributed by atoms with E-state index >= 15 is 0 Å². The van der Waals surface area contributed by atoms with Crippen molar-refractivity contribution < 1.29 is 9.47 Å². The molecule has 4 unspecified atom stereocenters. The van der Waals surface area contributed by atoms with E-state index < -0.39 is 0 Å². The number of hydrogen-bond acceptors (Lipinski definition) is 4. The normalized spacial score (nSPS) is 34.2. The fraction of sp³-hybridized carbons (Fsp3) is 0.812. The fourth-order valence-corrected chi connectivity index (χ4v) is 4.72. The first kappa shape index (κ1) is 13.6. The van der Waals surface area contributed by atoms with Crippen molar-refractivity contribution in [2.75, 3.05) is 26.1 Å². The van der Waals surface area contributed by atoms with Crippen LogP contribution >= 0.6 is 0 Å². The maximum atomic E-state index is 5.47. The number of hydrogen-bond donors (Lipinski definition) is 1. The highest BCUT2D eigenvalue weighted by Crippen LogP contribution is 2.53. The van der Waals surface area contributed by atoms with Crippen LogP contribution in [0.25, 0.3) is 0 Å². The van der Waals surface area contributed by atoms with Crippen LogP contribution in [-0.4, -0.2) is 36.8 Å². The fourth-order valence-electron chi connectivity index (χ4n) is 4.72. The van der Waals surface area contributed by atoms with E-state index in [0.29, 0.717) is 5.92 Å². The van der Waals surface area contributed by atoms with Crippen molar-refractivity contribution in [1.29, 1.82) is 0 Å². The first-order valence-electron chi connectivity index (χ1n) is 8.19. The lowest BCUT2D eigenvalue weighted by atomic mass is 9.86. The first-order valence-corrected chi connectivity index (χ1v) is 8.19. The van der Waals surface area contributed by atoms with Crippen LogP contribution in [0.4, 0.5) is 5.82 Å². The van der Waals surface area contributed by atoms with Gasteiger partial charge in [0.15, 0.2) is 6.29 Å². The highest BCUT2D eigenvalue weighted by atomic mass is 16.7. The van der Waals surface area contributed by atoms with Crippen molar-refractivity contribution in [2.45, 2.75) is 50.4 Å². The second-order valence-electron chi connectivity index (χ2n) is 6.80. The zero-order valence-electron chi connectivity index (χ0n) is 12.9. The average Bonchev–Trinajstić information content (AvgIpc) is 3.22. The lowest BCUT2D eigenvalue weighted by molar-refractivity contribution is -0.135. The average molecular weight is 291 g/mol. The summed E-state index contributed by atoms with van der Waals surface area (Å²) in [6, 6.07) is 2.43. The molecule has 5 nitrogen and oxygen atoms in total. The molecule has 1 aromatic rings. The Balaban J connectivity index is 1.62. The van der Waals surface area contributed by atoms with Gasteiger partial charge in [0, 0.05) is 32.7 Å². The molecule has 5 heteroatoms. The Hall–Kier alpha value is -1.07. The molecule has 2 bridgehead atoms. The smallest absolute Gasteiger partial charge is 0.179 e. The molecular weight excluding hydrogens is 266 g/mol. The van der Waals surface area contributed by atoms with Crippen molar-refractivity contribution in [1.82, 2.24) is 9.78 Å². The highest BCUT2D eigenvalue weighted by molar-refractivity contribution is 5.41. The van der Waals surface area contributed by atoms with E-state index in [0.717, 1.165) is 30.6 Å². The molecule has 0 saturated heterocycles. The van der Waals surface area contributed by atoms with Crippen molar-refractivity contribution >= 4 is 5.82 Å². The van der Waals surface area contributed by atoms with Gasteiger partial charge >= 0.3 is 0 Å². The number of nitrogens with zero attached hydrogens (tertiary/aromatic N) is 2. The van der Waals surface area contributed by atoms with Gasteiger partial charge in [-0.05, 0) is 37.5 Å². The minimum Gasteiger partial charge on any atom is -0.370 e. The topological polar surface area (TPSA) is 48.3 Å². The molecule has 0 amide bonds. The van der Waals surface area contributed by atoms with Crippen molar-refractivity contribution in [2.24, 2.45) is 11.8 Å². The van der Waals surface area contributed by atoms with Gasteiger partial charge in [-0.1, -0.05) is 6.42 Å². The standard InChI is InChI=1S/C16H25N3O2/c1-20-16(21-2)14-5-6-17-15-9-13(18-19(14)15)12-8-10-3-4-11(12)7-10/h9-12,14,16-17H,3-8H2,1-2H3. The summed E-state index contributed by atoms with van der Waals surface area (Å²) in [5.74, 6) is 3.62. The number of anilines is 1. The van der Waals surface area contributed by atoms with E-state index in [-0.39, 0.29) is 12.3 Å². The maximum Gasteiger partial charge on any atom is 0.179 e. The van der Waals surface area contributed by atoms with E-state index in [2.05, 4.69) is 16.1 Å². The van der Waals surface area contributed by atoms with Crippen LogP contribution in [0.3, 0.4) is 0 Å². The van der Waals surface area contributed by atoms with Crippen molar-refractivity contribution in [3.05, 3.63) is 11.8 Å². The molecule has 1 aliphatic heterocycles. The van der Waals surface area contributed by atoms with Crippen LogP contribution < -0.4 is 5.32 Å². The van der Waals surface area contributed by atoms with Gasteiger partial charge in [0.2, 0.25) is 0 Å². The molecule has 2 aliphatic carbocycles. The summed E-state index contributed by atoms with van der Waals surface area (Å²) in [4.78, 5) is 0. The third kappa shape index (κ3) is 2.18. The van der Waals surface area contributed by atoms with Crippen molar-refractivity contribution in [3.63, 3.8) is 0 Å².